The largest absolute Gasteiger partial charge is 0.356 e. The molecule has 0 fully saturated rings. The van der Waals surface area contributed by atoms with Crippen LogP contribution in [0.15, 0.2) is 24.4 Å². The van der Waals surface area contributed by atoms with E-state index in [1.165, 1.54) is 5.56 Å². The number of hydrogen-bond acceptors (Lipinski definition) is 3. The summed E-state index contributed by atoms with van der Waals surface area (Å²) < 4.78 is 1.98. The molecule has 1 aromatic carbocycles. The molecule has 20 heavy (non-hydrogen) atoms. The van der Waals surface area contributed by atoms with Crippen molar-refractivity contribution >= 4 is 17.5 Å². The first-order valence-corrected chi connectivity index (χ1v) is 6.83. The van der Waals surface area contributed by atoms with Gasteiger partial charge in [0.25, 0.3) is 5.91 Å². The van der Waals surface area contributed by atoms with Crippen LogP contribution in [0, 0.1) is 13.8 Å². The summed E-state index contributed by atoms with van der Waals surface area (Å²) >= 11 is 0. The SMILES string of the molecule is Cc1ccc(NC(=O)c2cn3c(n2)NCCC3)cc1C. The van der Waals surface area contributed by atoms with Crippen LogP contribution in [0.2, 0.25) is 0 Å². The van der Waals surface area contributed by atoms with Gasteiger partial charge in [-0.2, -0.15) is 0 Å². The second kappa shape index (κ2) is 5.00. The Labute approximate surface area is 118 Å². The predicted molar refractivity (Wildman–Crippen MR) is 79.2 cm³/mol. The predicted octanol–water partition coefficient (Wildman–Crippen LogP) is 2.57. The Bertz CT molecular complexity index is 636. The van der Waals surface area contributed by atoms with Crippen LogP contribution in [0.1, 0.15) is 28.0 Å². The van der Waals surface area contributed by atoms with E-state index in [0.717, 1.165) is 36.7 Å². The normalized spacial score (nSPS) is 13.5. The molecule has 1 amide bonds. The molecule has 0 spiro atoms. The summed E-state index contributed by atoms with van der Waals surface area (Å²) in [4.78, 5) is 16.5. The Morgan fingerprint density at radius 2 is 2.20 bits per heavy atom. The van der Waals surface area contributed by atoms with Gasteiger partial charge in [0.2, 0.25) is 5.95 Å². The molecule has 0 unspecified atom stereocenters. The number of amides is 1. The molecule has 104 valence electrons. The summed E-state index contributed by atoms with van der Waals surface area (Å²) in [6, 6.07) is 5.89. The van der Waals surface area contributed by atoms with E-state index >= 15 is 0 Å². The fourth-order valence-corrected chi connectivity index (χ4v) is 2.30. The monoisotopic (exact) mass is 270 g/mol. The van der Waals surface area contributed by atoms with E-state index in [1.807, 2.05) is 29.7 Å². The summed E-state index contributed by atoms with van der Waals surface area (Å²) in [5.41, 5.74) is 3.63. The van der Waals surface area contributed by atoms with Gasteiger partial charge in [-0.25, -0.2) is 4.98 Å². The van der Waals surface area contributed by atoms with Crippen molar-refractivity contribution in [3.05, 3.63) is 41.2 Å². The lowest BCUT2D eigenvalue weighted by molar-refractivity contribution is 0.102. The fourth-order valence-electron chi connectivity index (χ4n) is 2.30. The van der Waals surface area contributed by atoms with Crippen molar-refractivity contribution in [2.75, 3.05) is 17.2 Å². The van der Waals surface area contributed by atoms with Gasteiger partial charge < -0.3 is 15.2 Å². The zero-order chi connectivity index (χ0) is 14.1. The molecule has 1 aliphatic heterocycles. The maximum atomic E-state index is 12.2. The maximum Gasteiger partial charge on any atom is 0.275 e. The summed E-state index contributed by atoms with van der Waals surface area (Å²) in [6.45, 7) is 5.90. The van der Waals surface area contributed by atoms with E-state index in [9.17, 15) is 4.79 Å². The fraction of sp³-hybridized carbons (Fsp3) is 0.333. The van der Waals surface area contributed by atoms with E-state index in [1.54, 1.807) is 6.20 Å². The highest BCUT2D eigenvalue weighted by molar-refractivity contribution is 6.03. The van der Waals surface area contributed by atoms with Crippen molar-refractivity contribution in [3.8, 4) is 0 Å². The average Bonchev–Trinajstić information content (AvgIpc) is 2.87. The van der Waals surface area contributed by atoms with Gasteiger partial charge in [-0.1, -0.05) is 6.07 Å². The number of carbonyl (C=O) groups excluding carboxylic acids is 1. The molecule has 0 bridgehead atoms. The van der Waals surface area contributed by atoms with Crippen molar-refractivity contribution in [2.24, 2.45) is 0 Å². The lowest BCUT2D eigenvalue weighted by Gasteiger charge is -2.14. The van der Waals surface area contributed by atoms with Gasteiger partial charge >= 0.3 is 0 Å². The number of aromatic nitrogens is 2. The molecule has 2 N–H and O–H groups in total. The quantitative estimate of drug-likeness (QED) is 0.881. The van der Waals surface area contributed by atoms with E-state index in [0.29, 0.717) is 5.69 Å². The molecule has 0 saturated carbocycles. The summed E-state index contributed by atoms with van der Waals surface area (Å²) in [7, 11) is 0. The van der Waals surface area contributed by atoms with Crippen LogP contribution in [0.4, 0.5) is 11.6 Å². The number of aryl methyl sites for hydroxylation is 3. The van der Waals surface area contributed by atoms with Gasteiger partial charge in [0.15, 0.2) is 0 Å². The molecule has 0 radical (unpaired) electrons. The van der Waals surface area contributed by atoms with Crippen LogP contribution in [0.5, 0.6) is 0 Å². The van der Waals surface area contributed by atoms with Crippen LogP contribution in [0.25, 0.3) is 0 Å². The number of benzene rings is 1. The number of carbonyl (C=O) groups is 1. The highest BCUT2D eigenvalue weighted by atomic mass is 16.1. The number of nitrogens with one attached hydrogen (secondary N) is 2. The van der Waals surface area contributed by atoms with Crippen LogP contribution < -0.4 is 10.6 Å². The summed E-state index contributed by atoms with van der Waals surface area (Å²) in [5, 5.41) is 6.08. The molecule has 1 aliphatic rings. The van der Waals surface area contributed by atoms with Crippen molar-refractivity contribution in [1.29, 1.82) is 0 Å². The Hall–Kier alpha value is -2.30. The number of imidazole rings is 1. The Morgan fingerprint density at radius 3 is 2.95 bits per heavy atom. The molecule has 2 aromatic rings. The van der Waals surface area contributed by atoms with E-state index in [2.05, 4.69) is 22.5 Å². The minimum Gasteiger partial charge on any atom is -0.356 e. The third kappa shape index (κ3) is 2.39. The molecule has 0 saturated heterocycles. The minimum absolute atomic E-state index is 0.169. The van der Waals surface area contributed by atoms with Gasteiger partial charge in [0, 0.05) is 25.0 Å². The molecular weight excluding hydrogens is 252 g/mol. The van der Waals surface area contributed by atoms with Gasteiger partial charge in [-0.15, -0.1) is 0 Å². The van der Waals surface area contributed by atoms with E-state index < -0.39 is 0 Å². The summed E-state index contributed by atoms with van der Waals surface area (Å²) in [6.07, 6.45) is 2.86. The zero-order valence-electron chi connectivity index (χ0n) is 11.7. The van der Waals surface area contributed by atoms with Crippen LogP contribution in [-0.2, 0) is 6.54 Å². The van der Waals surface area contributed by atoms with Crippen LogP contribution in [-0.4, -0.2) is 22.0 Å². The topological polar surface area (TPSA) is 59.0 Å². The highest BCUT2D eigenvalue weighted by Gasteiger charge is 2.16. The van der Waals surface area contributed by atoms with Crippen molar-refractivity contribution in [2.45, 2.75) is 26.8 Å². The van der Waals surface area contributed by atoms with Gasteiger partial charge in [-0.3, -0.25) is 4.79 Å². The molecule has 0 atom stereocenters. The first-order valence-electron chi connectivity index (χ1n) is 6.83. The van der Waals surface area contributed by atoms with Crippen molar-refractivity contribution in [1.82, 2.24) is 9.55 Å². The number of hydrogen-bond donors (Lipinski definition) is 2. The zero-order valence-corrected chi connectivity index (χ0v) is 11.7. The van der Waals surface area contributed by atoms with Crippen LogP contribution >= 0.6 is 0 Å². The molecule has 1 aromatic heterocycles. The molecule has 5 nitrogen and oxygen atoms in total. The third-order valence-corrected chi connectivity index (χ3v) is 3.63. The van der Waals surface area contributed by atoms with E-state index in [-0.39, 0.29) is 5.91 Å². The standard InChI is InChI=1S/C15H18N4O/c1-10-4-5-12(8-11(10)2)17-14(20)13-9-19-7-3-6-16-15(19)18-13/h4-5,8-9H,3,6-7H2,1-2H3,(H,16,18)(H,17,20). The molecule has 3 rings (SSSR count). The molecule has 2 heterocycles. The third-order valence-electron chi connectivity index (χ3n) is 3.63. The Kier molecular flexibility index (Phi) is 3.18. The number of fused-ring (bicyclic) bond motifs is 1. The van der Waals surface area contributed by atoms with E-state index in [4.69, 9.17) is 0 Å². The van der Waals surface area contributed by atoms with Crippen LogP contribution in [0.3, 0.4) is 0 Å². The Morgan fingerprint density at radius 1 is 1.35 bits per heavy atom. The lowest BCUT2D eigenvalue weighted by atomic mass is 10.1. The number of rotatable bonds is 2. The maximum absolute atomic E-state index is 12.2. The number of nitrogens with zero attached hydrogens (tertiary/aromatic N) is 2. The van der Waals surface area contributed by atoms with Crippen molar-refractivity contribution in [3.63, 3.8) is 0 Å². The first kappa shape index (κ1) is 12.7. The lowest BCUT2D eigenvalue weighted by Crippen LogP contribution is -2.16. The van der Waals surface area contributed by atoms with Gasteiger partial charge in [0.1, 0.15) is 5.69 Å². The summed E-state index contributed by atoms with van der Waals surface area (Å²) in [5.74, 6) is 0.610. The molecule has 0 aliphatic carbocycles. The second-order valence-corrected chi connectivity index (χ2v) is 5.18. The Balaban J connectivity index is 1.78. The smallest absolute Gasteiger partial charge is 0.275 e. The first-order chi connectivity index (χ1) is 9.63. The second-order valence-electron chi connectivity index (χ2n) is 5.18. The highest BCUT2D eigenvalue weighted by Crippen LogP contribution is 2.17. The minimum atomic E-state index is -0.169. The number of anilines is 2. The van der Waals surface area contributed by atoms with Crippen molar-refractivity contribution < 1.29 is 4.79 Å². The molecule has 5 heteroatoms. The average molecular weight is 270 g/mol. The van der Waals surface area contributed by atoms with Gasteiger partial charge in [0.05, 0.1) is 0 Å². The van der Waals surface area contributed by atoms with Gasteiger partial charge in [-0.05, 0) is 43.5 Å². The molecular formula is C15H18N4O.